The lowest BCUT2D eigenvalue weighted by Gasteiger charge is -2.12. The molecule has 0 N–H and O–H groups in total. The molecule has 17 heavy (non-hydrogen) atoms. The summed E-state index contributed by atoms with van der Waals surface area (Å²) in [5.74, 6) is 0.582. The summed E-state index contributed by atoms with van der Waals surface area (Å²) >= 11 is 0. The van der Waals surface area contributed by atoms with Crippen molar-refractivity contribution in [3.05, 3.63) is 53.3 Å². The number of aryl methyl sites for hydroxylation is 2. The summed E-state index contributed by atoms with van der Waals surface area (Å²) in [6, 6.07) is 8.76. The number of nitrogens with zero attached hydrogens (tertiary/aromatic N) is 1. The predicted octanol–water partition coefficient (Wildman–Crippen LogP) is 4.49. The van der Waals surface area contributed by atoms with E-state index in [2.05, 4.69) is 56.9 Å². The minimum atomic E-state index is 0.582. The van der Waals surface area contributed by atoms with Crippen molar-refractivity contribution in [3.8, 4) is 11.1 Å². The van der Waals surface area contributed by atoms with Crippen LogP contribution < -0.4 is 0 Å². The van der Waals surface area contributed by atoms with E-state index in [0.29, 0.717) is 5.92 Å². The standard InChI is InChI=1S/C16H19N/c1-11(2)15-6-5-14(9-13(15)4)16-10-17-8-7-12(16)3/h5-11H,1-4H3. The van der Waals surface area contributed by atoms with Gasteiger partial charge in [-0.2, -0.15) is 0 Å². The van der Waals surface area contributed by atoms with Crippen molar-refractivity contribution in [1.29, 1.82) is 0 Å². The summed E-state index contributed by atoms with van der Waals surface area (Å²) in [7, 11) is 0. The molecule has 1 heterocycles. The van der Waals surface area contributed by atoms with Gasteiger partial charge in [0.1, 0.15) is 0 Å². The highest BCUT2D eigenvalue weighted by Gasteiger charge is 2.06. The maximum absolute atomic E-state index is 4.21. The van der Waals surface area contributed by atoms with Crippen LogP contribution in [0.15, 0.2) is 36.7 Å². The maximum atomic E-state index is 4.21. The second kappa shape index (κ2) is 4.70. The fourth-order valence-corrected chi connectivity index (χ4v) is 2.26. The van der Waals surface area contributed by atoms with Gasteiger partial charge in [0.15, 0.2) is 0 Å². The average Bonchev–Trinajstić information content (AvgIpc) is 2.29. The molecule has 0 radical (unpaired) electrons. The summed E-state index contributed by atoms with van der Waals surface area (Å²) < 4.78 is 0. The Morgan fingerprint density at radius 3 is 2.35 bits per heavy atom. The zero-order chi connectivity index (χ0) is 12.4. The molecule has 1 nitrogen and oxygen atoms in total. The Bertz CT molecular complexity index is 527. The van der Waals surface area contributed by atoms with Crippen molar-refractivity contribution in [3.63, 3.8) is 0 Å². The quantitative estimate of drug-likeness (QED) is 0.734. The van der Waals surface area contributed by atoms with Crippen molar-refractivity contribution in [2.45, 2.75) is 33.6 Å². The van der Waals surface area contributed by atoms with E-state index in [9.17, 15) is 0 Å². The third-order valence-electron chi connectivity index (χ3n) is 3.24. The third-order valence-corrected chi connectivity index (χ3v) is 3.24. The number of rotatable bonds is 2. The van der Waals surface area contributed by atoms with E-state index < -0.39 is 0 Å². The van der Waals surface area contributed by atoms with Gasteiger partial charge in [0.25, 0.3) is 0 Å². The molecule has 0 saturated carbocycles. The van der Waals surface area contributed by atoms with Gasteiger partial charge in [0.2, 0.25) is 0 Å². The van der Waals surface area contributed by atoms with E-state index in [4.69, 9.17) is 0 Å². The van der Waals surface area contributed by atoms with Crippen molar-refractivity contribution in [2.24, 2.45) is 0 Å². The van der Waals surface area contributed by atoms with Gasteiger partial charge in [-0.15, -0.1) is 0 Å². The van der Waals surface area contributed by atoms with E-state index in [1.165, 1.54) is 27.8 Å². The van der Waals surface area contributed by atoms with Crippen LogP contribution in [0, 0.1) is 13.8 Å². The monoisotopic (exact) mass is 225 g/mol. The van der Waals surface area contributed by atoms with Gasteiger partial charge < -0.3 is 0 Å². The smallest absolute Gasteiger partial charge is 0.0349 e. The van der Waals surface area contributed by atoms with Gasteiger partial charge in [-0.1, -0.05) is 32.0 Å². The van der Waals surface area contributed by atoms with Crippen LogP contribution >= 0.6 is 0 Å². The molecule has 0 saturated heterocycles. The molecule has 1 aromatic carbocycles. The van der Waals surface area contributed by atoms with Crippen LogP contribution in [0.4, 0.5) is 0 Å². The summed E-state index contributed by atoms with van der Waals surface area (Å²) in [6.07, 6.45) is 3.79. The Morgan fingerprint density at radius 1 is 1.00 bits per heavy atom. The second-order valence-corrected chi connectivity index (χ2v) is 4.92. The Kier molecular flexibility index (Phi) is 3.28. The molecule has 0 spiro atoms. The highest BCUT2D eigenvalue weighted by atomic mass is 14.6. The minimum Gasteiger partial charge on any atom is -0.264 e. The van der Waals surface area contributed by atoms with Crippen LogP contribution in [-0.2, 0) is 0 Å². The molecule has 88 valence electrons. The van der Waals surface area contributed by atoms with Gasteiger partial charge in [-0.05, 0) is 48.1 Å². The molecule has 0 amide bonds. The van der Waals surface area contributed by atoms with Crippen LogP contribution in [-0.4, -0.2) is 4.98 Å². The normalized spacial score (nSPS) is 10.9. The first-order valence-electron chi connectivity index (χ1n) is 6.11. The summed E-state index contributed by atoms with van der Waals surface area (Å²) in [5.41, 5.74) is 6.55. The Balaban J connectivity index is 2.49. The van der Waals surface area contributed by atoms with Crippen molar-refractivity contribution >= 4 is 0 Å². The van der Waals surface area contributed by atoms with E-state index in [1.807, 2.05) is 12.4 Å². The Labute approximate surface area is 104 Å². The molecule has 2 rings (SSSR count). The van der Waals surface area contributed by atoms with Crippen LogP contribution in [0.2, 0.25) is 0 Å². The first-order valence-corrected chi connectivity index (χ1v) is 6.11. The van der Waals surface area contributed by atoms with Crippen LogP contribution in [0.25, 0.3) is 11.1 Å². The third kappa shape index (κ3) is 2.38. The minimum absolute atomic E-state index is 0.582. The van der Waals surface area contributed by atoms with Gasteiger partial charge in [0, 0.05) is 18.0 Å². The molecule has 0 aliphatic carbocycles. The number of aromatic nitrogens is 1. The number of hydrogen-bond donors (Lipinski definition) is 0. The number of pyridine rings is 1. The number of benzene rings is 1. The van der Waals surface area contributed by atoms with E-state index >= 15 is 0 Å². The first kappa shape index (κ1) is 11.8. The summed E-state index contributed by atoms with van der Waals surface area (Å²) in [5, 5.41) is 0. The predicted molar refractivity (Wildman–Crippen MR) is 73.2 cm³/mol. The van der Waals surface area contributed by atoms with Crippen molar-refractivity contribution < 1.29 is 0 Å². The van der Waals surface area contributed by atoms with Crippen LogP contribution in [0.1, 0.15) is 36.5 Å². The van der Waals surface area contributed by atoms with Gasteiger partial charge in [0.05, 0.1) is 0 Å². The van der Waals surface area contributed by atoms with E-state index in [-0.39, 0.29) is 0 Å². The first-order chi connectivity index (χ1) is 8.09. The van der Waals surface area contributed by atoms with Crippen LogP contribution in [0.3, 0.4) is 0 Å². The largest absolute Gasteiger partial charge is 0.264 e. The topological polar surface area (TPSA) is 12.9 Å². The SMILES string of the molecule is Cc1ccncc1-c1ccc(C(C)C)c(C)c1. The lowest BCUT2D eigenvalue weighted by molar-refractivity contribution is 0.857. The molecule has 0 bridgehead atoms. The molecular formula is C16H19N. The highest BCUT2D eigenvalue weighted by Crippen LogP contribution is 2.27. The van der Waals surface area contributed by atoms with Crippen molar-refractivity contribution in [2.75, 3.05) is 0 Å². The molecule has 0 fully saturated rings. The Morgan fingerprint density at radius 2 is 1.76 bits per heavy atom. The summed E-state index contributed by atoms with van der Waals surface area (Å²) in [6.45, 7) is 8.78. The van der Waals surface area contributed by atoms with Gasteiger partial charge in [-0.3, -0.25) is 4.98 Å². The molecule has 0 aliphatic rings. The molecule has 0 atom stereocenters. The fraction of sp³-hybridized carbons (Fsp3) is 0.312. The lowest BCUT2D eigenvalue weighted by atomic mass is 9.93. The molecule has 0 aliphatic heterocycles. The number of hydrogen-bond acceptors (Lipinski definition) is 1. The molecule has 1 heteroatoms. The summed E-state index contributed by atoms with van der Waals surface area (Å²) in [4.78, 5) is 4.21. The maximum Gasteiger partial charge on any atom is 0.0349 e. The molecule has 2 aromatic rings. The zero-order valence-electron chi connectivity index (χ0n) is 11.0. The molecule has 1 aromatic heterocycles. The fourth-order valence-electron chi connectivity index (χ4n) is 2.26. The van der Waals surface area contributed by atoms with E-state index in [1.54, 1.807) is 0 Å². The van der Waals surface area contributed by atoms with Crippen LogP contribution in [0.5, 0.6) is 0 Å². The zero-order valence-corrected chi connectivity index (χ0v) is 11.0. The van der Waals surface area contributed by atoms with Gasteiger partial charge >= 0.3 is 0 Å². The Hall–Kier alpha value is -1.63. The molecule has 0 unspecified atom stereocenters. The average molecular weight is 225 g/mol. The second-order valence-electron chi connectivity index (χ2n) is 4.92. The van der Waals surface area contributed by atoms with E-state index in [0.717, 1.165) is 0 Å². The lowest BCUT2D eigenvalue weighted by Crippen LogP contribution is -1.93. The highest BCUT2D eigenvalue weighted by molar-refractivity contribution is 5.67. The molecular weight excluding hydrogens is 206 g/mol. The van der Waals surface area contributed by atoms with Gasteiger partial charge in [-0.25, -0.2) is 0 Å². The van der Waals surface area contributed by atoms with Crippen molar-refractivity contribution in [1.82, 2.24) is 4.98 Å².